The molecule has 5 rings (SSSR count). The topological polar surface area (TPSA) is 105 Å². The number of pyridine rings is 1. The molecule has 0 bridgehead atoms. The minimum Gasteiger partial charge on any atom is -0.421 e. The van der Waals surface area contributed by atoms with Gasteiger partial charge in [0.1, 0.15) is 6.61 Å². The van der Waals surface area contributed by atoms with E-state index in [0.29, 0.717) is 50.1 Å². The molecule has 2 aromatic carbocycles. The summed E-state index contributed by atoms with van der Waals surface area (Å²) in [5, 5.41) is 7.96. The second kappa shape index (κ2) is 13.3. The van der Waals surface area contributed by atoms with E-state index in [-0.39, 0.29) is 18.4 Å². The van der Waals surface area contributed by atoms with Gasteiger partial charge in [0.15, 0.2) is 0 Å². The van der Waals surface area contributed by atoms with Crippen molar-refractivity contribution in [1.29, 1.82) is 0 Å². The van der Waals surface area contributed by atoms with Gasteiger partial charge in [-0.15, -0.1) is 10.2 Å². The van der Waals surface area contributed by atoms with E-state index in [4.69, 9.17) is 9.15 Å². The summed E-state index contributed by atoms with van der Waals surface area (Å²) in [5.74, 6) is 0.687. The molecule has 0 N–H and O–H groups in total. The summed E-state index contributed by atoms with van der Waals surface area (Å²) in [5.41, 5.74) is 3.97. The Balaban J connectivity index is 1.45. The molecule has 0 saturated carbocycles. The van der Waals surface area contributed by atoms with E-state index in [9.17, 15) is 9.59 Å². The molecular weight excluding hydrogens is 520 g/mol. The van der Waals surface area contributed by atoms with Crippen molar-refractivity contribution in [2.24, 2.45) is 0 Å². The van der Waals surface area contributed by atoms with Crippen molar-refractivity contribution in [1.82, 2.24) is 25.0 Å². The summed E-state index contributed by atoms with van der Waals surface area (Å²) < 4.78 is 10.7. The number of nitrogens with zero attached hydrogens (tertiary/aromatic N) is 6. The van der Waals surface area contributed by atoms with Crippen LogP contribution in [0.5, 0.6) is 0 Å². The summed E-state index contributed by atoms with van der Waals surface area (Å²) in [7, 11) is 1.52. The number of methoxy groups -OCH3 is 1. The lowest BCUT2D eigenvalue weighted by molar-refractivity contribution is -0.122. The minimum absolute atomic E-state index is 0.0133. The maximum Gasteiger partial charge on any atom is 0.254 e. The van der Waals surface area contributed by atoms with Gasteiger partial charge in [-0.2, -0.15) is 0 Å². The molecule has 0 fully saturated rings. The van der Waals surface area contributed by atoms with Crippen LogP contribution in [0.2, 0.25) is 0 Å². The Morgan fingerprint density at radius 3 is 2.46 bits per heavy atom. The van der Waals surface area contributed by atoms with Gasteiger partial charge in [-0.1, -0.05) is 24.3 Å². The van der Waals surface area contributed by atoms with Gasteiger partial charge in [0.2, 0.25) is 11.8 Å². The Bertz CT molecular complexity index is 1460. The van der Waals surface area contributed by atoms with E-state index in [1.165, 1.54) is 7.11 Å². The third kappa shape index (κ3) is 7.03. The maximum atomic E-state index is 13.9. The minimum atomic E-state index is -0.111. The monoisotopic (exact) mass is 554 g/mol. The van der Waals surface area contributed by atoms with Crippen molar-refractivity contribution >= 4 is 17.5 Å². The van der Waals surface area contributed by atoms with Gasteiger partial charge in [-0.3, -0.25) is 19.5 Å². The normalized spacial score (nSPS) is 14.8. The molecule has 1 aliphatic heterocycles. The van der Waals surface area contributed by atoms with E-state index < -0.39 is 0 Å². The molecule has 0 saturated heterocycles. The molecule has 2 amide bonds. The van der Waals surface area contributed by atoms with Gasteiger partial charge < -0.3 is 19.0 Å². The van der Waals surface area contributed by atoms with Gasteiger partial charge in [0, 0.05) is 76.3 Å². The summed E-state index contributed by atoms with van der Waals surface area (Å²) in [6.07, 6.45) is 2.56. The standard InChI is InChI=1S/C31H34N6O4/c1-23-33-34-30(41-23)24-11-13-25(14-12-24)31(39)36-19-18-35(21-27-9-5-6-15-32-27)16-7-17-37(29(38)22-40-2)28-10-4-3-8-26(28)20-36/h3-6,8-15H,7,16-22H2,1-2H3. The lowest BCUT2D eigenvalue weighted by Gasteiger charge is -2.28. The van der Waals surface area contributed by atoms with Gasteiger partial charge in [0.05, 0.1) is 5.69 Å². The molecule has 10 nitrogen and oxygen atoms in total. The largest absolute Gasteiger partial charge is 0.421 e. The number of benzene rings is 2. The summed E-state index contributed by atoms with van der Waals surface area (Å²) in [4.78, 5) is 37.5. The number of fused-ring (bicyclic) bond motifs is 1. The van der Waals surface area contributed by atoms with E-state index in [2.05, 4.69) is 20.1 Å². The molecule has 2 aromatic heterocycles. The van der Waals surface area contributed by atoms with Gasteiger partial charge in [0.25, 0.3) is 11.8 Å². The highest BCUT2D eigenvalue weighted by molar-refractivity contribution is 5.96. The molecule has 1 aliphatic rings. The van der Waals surface area contributed by atoms with Gasteiger partial charge in [-0.25, -0.2) is 0 Å². The number of para-hydroxylation sites is 1. The fourth-order valence-electron chi connectivity index (χ4n) is 5.00. The molecule has 0 spiro atoms. The Kier molecular flexibility index (Phi) is 9.12. The van der Waals surface area contributed by atoms with Crippen molar-refractivity contribution in [2.75, 3.05) is 44.8 Å². The third-order valence-corrected chi connectivity index (χ3v) is 7.06. The number of carbonyl (C=O) groups excluding carboxylic acids is 2. The van der Waals surface area contributed by atoms with E-state index in [1.54, 1.807) is 30.2 Å². The zero-order valence-corrected chi connectivity index (χ0v) is 23.4. The van der Waals surface area contributed by atoms with Crippen molar-refractivity contribution in [3.05, 3.63) is 95.6 Å². The summed E-state index contributed by atoms with van der Waals surface area (Å²) >= 11 is 0. The van der Waals surface area contributed by atoms with E-state index in [0.717, 1.165) is 35.5 Å². The number of hydrogen-bond donors (Lipinski definition) is 0. The molecule has 4 aromatic rings. The van der Waals surface area contributed by atoms with Crippen molar-refractivity contribution in [3.63, 3.8) is 0 Å². The highest BCUT2D eigenvalue weighted by Gasteiger charge is 2.24. The van der Waals surface area contributed by atoms with Gasteiger partial charge >= 0.3 is 0 Å². The summed E-state index contributed by atoms with van der Waals surface area (Å²) in [6.45, 7) is 5.20. The summed E-state index contributed by atoms with van der Waals surface area (Å²) in [6, 6.07) is 20.9. The highest BCUT2D eigenvalue weighted by atomic mass is 16.5. The van der Waals surface area contributed by atoms with Crippen molar-refractivity contribution < 1.29 is 18.7 Å². The highest BCUT2D eigenvalue weighted by Crippen LogP contribution is 2.25. The zero-order valence-electron chi connectivity index (χ0n) is 23.4. The van der Waals surface area contributed by atoms with Crippen molar-refractivity contribution in [3.8, 4) is 11.5 Å². The Morgan fingerprint density at radius 1 is 0.927 bits per heavy atom. The first-order chi connectivity index (χ1) is 20.0. The average Bonchev–Trinajstić information content (AvgIpc) is 3.42. The first kappa shape index (κ1) is 28.1. The van der Waals surface area contributed by atoms with E-state index in [1.807, 2.05) is 59.5 Å². The number of hydrogen-bond acceptors (Lipinski definition) is 8. The number of rotatable bonds is 6. The molecular formula is C31H34N6O4. The SMILES string of the molecule is COCC(=O)N1CCCN(Cc2ccccn2)CCN(C(=O)c2ccc(-c3nnc(C)o3)cc2)Cc2ccccc21. The Labute approximate surface area is 239 Å². The van der Waals surface area contributed by atoms with Crippen LogP contribution in [0.1, 0.15) is 33.9 Å². The first-order valence-electron chi connectivity index (χ1n) is 13.7. The predicted molar refractivity (Wildman–Crippen MR) is 154 cm³/mol. The second-order valence-electron chi connectivity index (χ2n) is 9.99. The Morgan fingerprint density at radius 2 is 1.73 bits per heavy atom. The quantitative estimate of drug-likeness (QED) is 0.353. The van der Waals surface area contributed by atoms with Crippen molar-refractivity contribution in [2.45, 2.75) is 26.4 Å². The van der Waals surface area contributed by atoms with Crippen LogP contribution in [0.3, 0.4) is 0 Å². The lowest BCUT2D eigenvalue weighted by Crippen LogP contribution is -2.38. The molecule has 41 heavy (non-hydrogen) atoms. The molecule has 3 heterocycles. The number of aromatic nitrogens is 3. The fraction of sp³-hybridized carbons (Fsp3) is 0.323. The number of ether oxygens (including phenoxy) is 1. The predicted octanol–water partition coefficient (Wildman–Crippen LogP) is 3.97. The van der Waals surface area contributed by atoms with Crippen LogP contribution in [-0.4, -0.2) is 76.7 Å². The first-order valence-corrected chi connectivity index (χ1v) is 13.7. The zero-order chi connectivity index (χ0) is 28.6. The fourth-order valence-corrected chi connectivity index (χ4v) is 5.00. The van der Waals surface area contributed by atoms with Crippen LogP contribution >= 0.6 is 0 Å². The smallest absolute Gasteiger partial charge is 0.254 e. The van der Waals surface area contributed by atoms with Crippen LogP contribution in [0.25, 0.3) is 11.5 Å². The molecule has 0 aliphatic carbocycles. The van der Waals surface area contributed by atoms with Crippen LogP contribution in [-0.2, 0) is 22.6 Å². The third-order valence-electron chi connectivity index (χ3n) is 7.06. The number of carbonyl (C=O) groups is 2. The molecule has 0 radical (unpaired) electrons. The Hall–Kier alpha value is -4.41. The lowest BCUT2D eigenvalue weighted by atomic mass is 10.1. The number of anilines is 1. The molecule has 0 unspecified atom stereocenters. The van der Waals surface area contributed by atoms with Crippen LogP contribution in [0, 0.1) is 6.92 Å². The van der Waals surface area contributed by atoms with E-state index >= 15 is 0 Å². The maximum absolute atomic E-state index is 13.9. The number of amides is 2. The van der Waals surface area contributed by atoms with Crippen LogP contribution in [0.4, 0.5) is 5.69 Å². The van der Waals surface area contributed by atoms with Crippen LogP contribution in [0.15, 0.2) is 77.3 Å². The number of aryl methyl sites for hydroxylation is 1. The van der Waals surface area contributed by atoms with Crippen LogP contribution < -0.4 is 4.90 Å². The molecule has 10 heteroatoms. The van der Waals surface area contributed by atoms with Gasteiger partial charge in [-0.05, 0) is 54.4 Å². The second-order valence-corrected chi connectivity index (χ2v) is 9.99. The average molecular weight is 555 g/mol. The molecule has 212 valence electrons. The molecule has 0 atom stereocenters.